The van der Waals surface area contributed by atoms with E-state index in [1.165, 1.54) is 18.4 Å². The highest BCUT2D eigenvalue weighted by Crippen LogP contribution is 2.59. The number of likely N-dealkylation sites (tertiary alicyclic amines) is 2. The number of carbonyl (C=O) groups excluding carboxylic acids is 1. The molecule has 5 rings (SSSR count). The zero-order valence-electron chi connectivity index (χ0n) is 20.4. The van der Waals surface area contributed by atoms with Gasteiger partial charge in [-0.25, -0.2) is 4.79 Å². The van der Waals surface area contributed by atoms with E-state index in [0.29, 0.717) is 5.41 Å². The molecular weight excluding hydrogens is 408 g/mol. The number of hydrogen-bond donors (Lipinski definition) is 0. The molecule has 5 aliphatic rings. The van der Waals surface area contributed by atoms with Gasteiger partial charge in [-0.15, -0.1) is 0 Å². The molecule has 6 atom stereocenters. The Kier molecular flexibility index (Phi) is 5.63. The number of amides is 1. The highest BCUT2D eigenvalue weighted by Gasteiger charge is 2.72. The fourth-order valence-electron chi connectivity index (χ4n) is 6.58. The summed E-state index contributed by atoms with van der Waals surface area (Å²) in [5.41, 5.74) is 1.12. The van der Waals surface area contributed by atoms with E-state index in [0.717, 1.165) is 52.0 Å². The van der Waals surface area contributed by atoms with E-state index in [1.54, 1.807) is 7.11 Å². The molecule has 0 aromatic rings. The SMILES string of the molecule is CO[C@H]1C([C@@]2(C)O[C@@H]2CC=C(C)C)[C@]2(CC[C@H]1OC(=O)N1CC3(CCN(C)CC3)C1)CO2. The molecule has 32 heavy (non-hydrogen) atoms. The number of epoxide rings is 2. The summed E-state index contributed by atoms with van der Waals surface area (Å²) in [7, 11) is 3.90. The highest BCUT2D eigenvalue weighted by molar-refractivity contribution is 5.69. The maximum atomic E-state index is 13.0. The summed E-state index contributed by atoms with van der Waals surface area (Å²) in [5.74, 6) is 0.0683. The van der Waals surface area contributed by atoms with Crippen LogP contribution < -0.4 is 0 Å². The fraction of sp³-hybridized carbons (Fsp3) is 0.880. The van der Waals surface area contributed by atoms with Crippen molar-refractivity contribution in [1.29, 1.82) is 0 Å². The summed E-state index contributed by atoms with van der Waals surface area (Å²) in [4.78, 5) is 17.3. The van der Waals surface area contributed by atoms with Gasteiger partial charge in [0, 0.05) is 25.6 Å². The smallest absolute Gasteiger partial charge is 0.410 e. The van der Waals surface area contributed by atoms with Gasteiger partial charge < -0.3 is 28.7 Å². The second kappa shape index (κ2) is 7.97. The summed E-state index contributed by atoms with van der Waals surface area (Å²) >= 11 is 0. The average Bonchev–Trinajstić information content (AvgIpc) is 3.64. The standard InChI is InChI=1S/C25H40N2O5/c1-17(2)6-7-19-23(3,32-19)21-20(29-5)18(8-9-25(21)16-30-25)31-22(28)27-14-24(15-27)10-12-26(4)13-11-24/h6,18-21H,7-16H2,1-5H3/t18-,19-,20-,21?,23+,25+/m1/s1. The Balaban J connectivity index is 1.23. The molecule has 0 N–H and O–H groups in total. The van der Waals surface area contributed by atoms with Crippen LogP contribution in [0.2, 0.25) is 0 Å². The molecule has 7 heteroatoms. The van der Waals surface area contributed by atoms with Crippen LogP contribution >= 0.6 is 0 Å². The number of allylic oxidation sites excluding steroid dienone is 1. The van der Waals surface area contributed by atoms with Gasteiger partial charge in [-0.3, -0.25) is 0 Å². The minimum atomic E-state index is -0.302. The van der Waals surface area contributed by atoms with Crippen LogP contribution in [0.25, 0.3) is 0 Å². The molecule has 0 aromatic heterocycles. The monoisotopic (exact) mass is 448 g/mol. The van der Waals surface area contributed by atoms with E-state index in [9.17, 15) is 4.79 Å². The largest absolute Gasteiger partial charge is 0.443 e. The van der Waals surface area contributed by atoms with Crippen LogP contribution in [-0.4, -0.2) is 92.4 Å². The van der Waals surface area contributed by atoms with E-state index in [-0.39, 0.29) is 41.5 Å². The van der Waals surface area contributed by atoms with E-state index in [2.05, 4.69) is 38.8 Å². The first-order valence-electron chi connectivity index (χ1n) is 12.3. The van der Waals surface area contributed by atoms with Crippen LogP contribution in [0, 0.1) is 11.3 Å². The molecule has 180 valence electrons. The molecule has 5 fully saturated rings. The molecular formula is C25H40N2O5. The number of piperidine rings is 1. The second-order valence-corrected chi connectivity index (χ2v) is 11.5. The van der Waals surface area contributed by atoms with Gasteiger partial charge in [0.2, 0.25) is 0 Å². The maximum Gasteiger partial charge on any atom is 0.410 e. The van der Waals surface area contributed by atoms with Crippen LogP contribution in [0.15, 0.2) is 11.6 Å². The quantitative estimate of drug-likeness (QED) is 0.475. The van der Waals surface area contributed by atoms with Gasteiger partial charge in [-0.05, 0) is 73.0 Å². The van der Waals surface area contributed by atoms with Crippen molar-refractivity contribution in [2.24, 2.45) is 11.3 Å². The van der Waals surface area contributed by atoms with Crippen LogP contribution in [0.1, 0.15) is 52.9 Å². The number of carbonyl (C=O) groups is 1. The first kappa shape index (κ1) is 22.6. The van der Waals surface area contributed by atoms with Gasteiger partial charge in [0.15, 0.2) is 0 Å². The van der Waals surface area contributed by atoms with Crippen molar-refractivity contribution in [2.45, 2.75) is 82.4 Å². The first-order valence-corrected chi connectivity index (χ1v) is 12.3. The summed E-state index contributed by atoms with van der Waals surface area (Å²) in [6, 6.07) is 0. The predicted molar refractivity (Wildman–Crippen MR) is 121 cm³/mol. The van der Waals surface area contributed by atoms with E-state index >= 15 is 0 Å². The van der Waals surface area contributed by atoms with Crippen molar-refractivity contribution in [3.63, 3.8) is 0 Å². The molecule has 0 radical (unpaired) electrons. The third-order valence-corrected chi connectivity index (χ3v) is 8.85. The highest BCUT2D eigenvalue weighted by atomic mass is 16.6. The second-order valence-electron chi connectivity index (χ2n) is 11.5. The van der Waals surface area contributed by atoms with Crippen LogP contribution in [0.3, 0.4) is 0 Å². The lowest BCUT2D eigenvalue weighted by atomic mass is 9.68. The lowest BCUT2D eigenvalue weighted by Gasteiger charge is -2.53. The number of hydrogen-bond acceptors (Lipinski definition) is 6. The van der Waals surface area contributed by atoms with Gasteiger partial charge >= 0.3 is 6.09 Å². The van der Waals surface area contributed by atoms with Crippen molar-refractivity contribution in [1.82, 2.24) is 9.80 Å². The molecule has 1 saturated carbocycles. The molecule has 4 saturated heterocycles. The molecule has 0 bridgehead atoms. The molecule has 2 spiro atoms. The molecule has 1 unspecified atom stereocenters. The molecule has 1 amide bonds. The lowest BCUT2D eigenvalue weighted by molar-refractivity contribution is -0.129. The van der Waals surface area contributed by atoms with E-state index in [4.69, 9.17) is 18.9 Å². The van der Waals surface area contributed by atoms with Gasteiger partial charge in [-0.2, -0.15) is 0 Å². The Hall–Kier alpha value is -1.15. The molecule has 4 heterocycles. The number of rotatable bonds is 5. The average molecular weight is 449 g/mol. The topological polar surface area (TPSA) is 67.1 Å². The molecule has 7 nitrogen and oxygen atoms in total. The molecule has 1 aliphatic carbocycles. The zero-order chi connectivity index (χ0) is 22.7. The molecule has 0 aromatic carbocycles. The Morgan fingerprint density at radius 2 is 1.88 bits per heavy atom. The Morgan fingerprint density at radius 1 is 1.19 bits per heavy atom. The summed E-state index contributed by atoms with van der Waals surface area (Å²) in [6.07, 6.45) is 6.65. The van der Waals surface area contributed by atoms with Crippen molar-refractivity contribution < 1.29 is 23.7 Å². The van der Waals surface area contributed by atoms with Gasteiger partial charge in [-0.1, -0.05) is 11.6 Å². The minimum absolute atomic E-state index is 0.0683. The predicted octanol–water partition coefficient (Wildman–Crippen LogP) is 3.23. The third-order valence-electron chi connectivity index (χ3n) is 8.85. The summed E-state index contributed by atoms with van der Waals surface area (Å²) in [6.45, 7) is 11.0. The first-order chi connectivity index (χ1) is 15.2. The lowest BCUT2D eigenvalue weighted by Crippen LogP contribution is -2.63. The zero-order valence-corrected chi connectivity index (χ0v) is 20.4. The van der Waals surface area contributed by atoms with Crippen molar-refractivity contribution in [3.8, 4) is 0 Å². The number of nitrogens with zero attached hydrogens (tertiary/aromatic N) is 2. The third kappa shape index (κ3) is 3.89. The number of methoxy groups -OCH3 is 1. The summed E-state index contributed by atoms with van der Waals surface area (Å²) in [5, 5.41) is 0. The van der Waals surface area contributed by atoms with Crippen molar-refractivity contribution >= 4 is 6.09 Å². The molecule has 4 aliphatic heterocycles. The Bertz CT molecular complexity index is 760. The number of ether oxygens (including phenoxy) is 4. The van der Waals surface area contributed by atoms with Crippen molar-refractivity contribution in [2.75, 3.05) is 46.9 Å². The van der Waals surface area contributed by atoms with E-state index < -0.39 is 0 Å². The van der Waals surface area contributed by atoms with Crippen LogP contribution in [-0.2, 0) is 18.9 Å². The maximum absolute atomic E-state index is 13.0. The van der Waals surface area contributed by atoms with Crippen molar-refractivity contribution in [3.05, 3.63) is 11.6 Å². The van der Waals surface area contributed by atoms with Crippen LogP contribution in [0.4, 0.5) is 4.79 Å². The van der Waals surface area contributed by atoms with Gasteiger partial charge in [0.25, 0.3) is 0 Å². The fourth-order valence-corrected chi connectivity index (χ4v) is 6.58. The van der Waals surface area contributed by atoms with Gasteiger partial charge in [0.1, 0.15) is 23.4 Å². The van der Waals surface area contributed by atoms with E-state index in [1.807, 2.05) is 4.90 Å². The summed E-state index contributed by atoms with van der Waals surface area (Å²) < 4.78 is 24.4. The normalized spacial score (nSPS) is 42.5. The van der Waals surface area contributed by atoms with Gasteiger partial charge in [0.05, 0.1) is 18.6 Å². The Labute approximate surface area is 192 Å². The Morgan fingerprint density at radius 3 is 2.47 bits per heavy atom. The van der Waals surface area contributed by atoms with Crippen LogP contribution in [0.5, 0.6) is 0 Å². The minimum Gasteiger partial charge on any atom is -0.443 e.